The molecule has 1 aliphatic rings. The van der Waals surface area contributed by atoms with Crippen LogP contribution in [0, 0.1) is 15.9 Å². The molecule has 1 aromatic carbocycles. The Kier molecular flexibility index (Phi) is 4.36. The zero-order chi connectivity index (χ0) is 14.0. The molecule has 2 rings (SSSR count). The van der Waals surface area contributed by atoms with Crippen LogP contribution in [0.5, 0.6) is 0 Å². The second-order valence-corrected chi connectivity index (χ2v) is 5.54. The van der Waals surface area contributed by atoms with Gasteiger partial charge in [0.25, 0.3) is 5.69 Å². The number of hydrogen-bond donors (Lipinski definition) is 1. The maximum Gasteiger partial charge on any atom is 0.293 e. The molecule has 1 unspecified atom stereocenters. The van der Waals surface area contributed by atoms with Gasteiger partial charge in [0.2, 0.25) is 0 Å². The Balaban J connectivity index is 2.26. The zero-order valence-electron chi connectivity index (χ0n) is 10.5. The minimum atomic E-state index is -0.494. The molecule has 1 saturated heterocycles. The van der Waals surface area contributed by atoms with E-state index in [4.69, 9.17) is 0 Å². The van der Waals surface area contributed by atoms with Gasteiger partial charge in [0.05, 0.1) is 9.40 Å². The average molecular weight is 332 g/mol. The number of nitro benzene ring substituents is 1. The van der Waals surface area contributed by atoms with Gasteiger partial charge in [-0.05, 0) is 35.3 Å². The van der Waals surface area contributed by atoms with E-state index in [1.54, 1.807) is 11.9 Å². The number of rotatable bonds is 4. The Bertz CT molecular complexity index is 492. The molecule has 1 heterocycles. The second-order valence-electron chi connectivity index (χ2n) is 4.69. The molecule has 0 aliphatic carbocycles. The highest BCUT2D eigenvalue weighted by Gasteiger charge is 2.23. The maximum absolute atomic E-state index is 13.6. The van der Waals surface area contributed by atoms with Crippen LogP contribution in [0.1, 0.15) is 12.8 Å². The van der Waals surface area contributed by atoms with Crippen LogP contribution in [0.2, 0.25) is 0 Å². The molecule has 1 fully saturated rings. The molecule has 0 aromatic heterocycles. The van der Waals surface area contributed by atoms with Crippen LogP contribution in [0.4, 0.5) is 15.8 Å². The molecule has 19 heavy (non-hydrogen) atoms. The molecular formula is C12H15BrFN3O2. The van der Waals surface area contributed by atoms with Crippen LogP contribution >= 0.6 is 15.9 Å². The Morgan fingerprint density at radius 3 is 2.95 bits per heavy atom. The highest BCUT2D eigenvalue weighted by atomic mass is 79.9. The topological polar surface area (TPSA) is 58.4 Å². The van der Waals surface area contributed by atoms with Crippen molar-refractivity contribution in [3.63, 3.8) is 0 Å². The van der Waals surface area contributed by atoms with Crippen molar-refractivity contribution in [3.05, 3.63) is 32.5 Å². The first-order valence-corrected chi connectivity index (χ1v) is 6.86. The van der Waals surface area contributed by atoms with E-state index in [0.29, 0.717) is 18.3 Å². The number of anilines is 1. The van der Waals surface area contributed by atoms with Gasteiger partial charge in [-0.25, -0.2) is 4.39 Å². The van der Waals surface area contributed by atoms with Gasteiger partial charge in [-0.1, -0.05) is 0 Å². The summed E-state index contributed by atoms with van der Waals surface area (Å²) in [6.45, 7) is 1.59. The van der Waals surface area contributed by atoms with Crippen molar-refractivity contribution in [2.45, 2.75) is 18.9 Å². The Hall–Kier alpha value is -1.21. The first-order valence-electron chi connectivity index (χ1n) is 6.07. The van der Waals surface area contributed by atoms with E-state index < -0.39 is 10.7 Å². The largest absolute Gasteiger partial charge is 0.367 e. The third kappa shape index (κ3) is 3.22. The first kappa shape index (κ1) is 14.2. The van der Waals surface area contributed by atoms with Gasteiger partial charge in [-0.2, -0.15) is 0 Å². The summed E-state index contributed by atoms with van der Waals surface area (Å²) in [5.74, 6) is -0.494. The van der Waals surface area contributed by atoms with E-state index in [0.717, 1.165) is 19.4 Å². The lowest BCUT2D eigenvalue weighted by Gasteiger charge is -2.23. The van der Waals surface area contributed by atoms with E-state index in [1.165, 1.54) is 12.1 Å². The minimum absolute atomic E-state index is 0.0891. The van der Waals surface area contributed by atoms with Gasteiger partial charge in [0.1, 0.15) is 11.5 Å². The number of nitrogens with one attached hydrogen (secondary N) is 1. The lowest BCUT2D eigenvalue weighted by Crippen LogP contribution is -2.35. The molecule has 0 bridgehead atoms. The fourth-order valence-electron chi connectivity index (χ4n) is 2.32. The van der Waals surface area contributed by atoms with Crippen molar-refractivity contribution >= 4 is 27.3 Å². The molecule has 1 atom stereocenters. The van der Waals surface area contributed by atoms with E-state index in [9.17, 15) is 14.5 Å². The number of nitrogens with zero attached hydrogens (tertiary/aromatic N) is 2. The first-order chi connectivity index (χ1) is 8.99. The molecule has 104 valence electrons. The van der Waals surface area contributed by atoms with Crippen molar-refractivity contribution in [1.82, 2.24) is 5.32 Å². The van der Waals surface area contributed by atoms with Gasteiger partial charge in [0, 0.05) is 31.8 Å². The number of likely N-dealkylation sites (N-methyl/N-ethyl adjacent to an activating group) is 1. The maximum atomic E-state index is 13.6. The summed E-state index contributed by atoms with van der Waals surface area (Å²) in [5, 5.41) is 14.4. The monoisotopic (exact) mass is 331 g/mol. The molecule has 0 saturated carbocycles. The standard InChI is InChI=1S/C12H15BrFN3O2/c1-16(7-8-3-2-4-15-8)11-6-10(14)9(13)5-12(11)17(18)19/h5-6,8,15H,2-4,7H2,1H3. The van der Waals surface area contributed by atoms with Crippen molar-refractivity contribution in [2.75, 3.05) is 25.0 Å². The van der Waals surface area contributed by atoms with E-state index in [1.807, 2.05) is 0 Å². The lowest BCUT2D eigenvalue weighted by atomic mass is 10.2. The van der Waals surface area contributed by atoms with Crippen molar-refractivity contribution in [1.29, 1.82) is 0 Å². The summed E-state index contributed by atoms with van der Waals surface area (Å²) in [6.07, 6.45) is 2.15. The lowest BCUT2D eigenvalue weighted by molar-refractivity contribution is -0.384. The van der Waals surface area contributed by atoms with Crippen LogP contribution in [0.3, 0.4) is 0 Å². The van der Waals surface area contributed by atoms with Gasteiger partial charge in [-0.15, -0.1) is 0 Å². The number of nitro groups is 1. The summed E-state index contributed by atoms with van der Waals surface area (Å²) in [5.41, 5.74) is 0.216. The van der Waals surface area contributed by atoms with Crippen LogP contribution in [0.15, 0.2) is 16.6 Å². The van der Waals surface area contributed by atoms with E-state index >= 15 is 0 Å². The number of hydrogen-bond acceptors (Lipinski definition) is 4. The summed E-state index contributed by atoms with van der Waals surface area (Å²) >= 11 is 2.98. The van der Waals surface area contributed by atoms with Gasteiger partial charge >= 0.3 is 0 Å². The highest BCUT2D eigenvalue weighted by molar-refractivity contribution is 9.10. The molecule has 1 aromatic rings. The number of halogens is 2. The SMILES string of the molecule is CN(CC1CCCN1)c1cc(F)c(Br)cc1[N+](=O)[O-]. The summed E-state index contributed by atoms with van der Waals surface area (Å²) in [4.78, 5) is 12.3. The van der Waals surface area contributed by atoms with Crippen LogP contribution in [-0.4, -0.2) is 31.1 Å². The van der Waals surface area contributed by atoms with Crippen molar-refractivity contribution in [3.8, 4) is 0 Å². The smallest absolute Gasteiger partial charge is 0.293 e. The molecule has 0 amide bonds. The molecular weight excluding hydrogens is 317 g/mol. The van der Waals surface area contributed by atoms with Crippen LogP contribution < -0.4 is 10.2 Å². The molecule has 1 aliphatic heterocycles. The Labute approximate surface area is 119 Å². The summed E-state index contributed by atoms with van der Waals surface area (Å²) in [6, 6.07) is 2.72. The predicted molar refractivity (Wildman–Crippen MR) is 75.0 cm³/mol. The fraction of sp³-hybridized carbons (Fsp3) is 0.500. The average Bonchev–Trinajstić information content (AvgIpc) is 2.84. The summed E-state index contributed by atoms with van der Waals surface area (Å²) in [7, 11) is 1.75. The predicted octanol–water partition coefficient (Wildman–Crippen LogP) is 2.68. The molecule has 0 spiro atoms. The molecule has 1 N–H and O–H groups in total. The summed E-state index contributed by atoms with van der Waals surface area (Å²) < 4.78 is 13.7. The van der Waals surface area contributed by atoms with Crippen molar-refractivity contribution in [2.24, 2.45) is 0 Å². The van der Waals surface area contributed by atoms with Crippen LogP contribution in [-0.2, 0) is 0 Å². The third-order valence-electron chi connectivity index (χ3n) is 3.28. The second kappa shape index (κ2) is 5.83. The highest BCUT2D eigenvalue weighted by Crippen LogP contribution is 2.33. The van der Waals surface area contributed by atoms with Gasteiger partial charge in [-0.3, -0.25) is 10.1 Å². The Morgan fingerprint density at radius 1 is 1.63 bits per heavy atom. The third-order valence-corrected chi connectivity index (χ3v) is 3.89. The molecule has 5 nitrogen and oxygen atoms in total. The number of benzene rings is 1. The molecule has 7 heteroatoms. The quantitative estimate of drug-likeness (QED) is 0.680. The minimum Gasteiger partial charge on any atom is -0.367 e. The van der Waals surface area contributed by atoms with Gasteiger partial charge < -0.3 is 10.2 Å². The molecule has 0 radical (unpaired) electrons. The van der Waals surface area contributed by atoms with E-state index in [-0.39, 0.29) is 10.2 Å². The fourth-order valence-corrected chi connectivity index (χ4v) is 2.65. The van der Waals surface area contributed by atoms with E-state index in [2.05, 4.69) is 21.2 Å². The van der Waals surface area contributed by atoms with Gasteiger partial charge in [0.15, 0.2) is 0 Å². The Morgan fingerprint density at radius 2 is 2.37 bits per heavy atom. The normalized spacial score (nSPS) is 18.6. The zero-order valence-corrected chi connectivity index (χ0v) is 12.1. The van der Waals surface area contributed by atoms with Crippen LogP contribution in [0.25, 0.3) is 0 Å². The van der Waals surface area contributed by atoms with Crippen molar-refractivity contribution < 1.29 is 9.31 Å².